The lowest BCUT2D eigenvalue weighted by molar-refractivity contribution is 0.0602. The Kier molecular flexibility index (Phi) is 7.56. The van der Waals surface area contributed by atoms with E-state index in [0.717, 1.165) is 61.5 Å². The number of carbonyl (C=O) groups is 1. The monoisotopic (exact) mass is 496 g/mol. The van der Waals surface area contributed by atoms with Crippen LogP contribution in [-0.4, -0.2) is 51.7 Å². The standard InChI is InChI=1S/C31H36N4O2/c1-23-28(22-34(3)32-23)21-33(2)29(19-24-9-5-4-6-10-24)25-14-16-35(17-15-25)31(36)27-12-7-11-26(20-27)30-13-8-18-37-30/h4-13,18,20,22,25,29H,14-17,19,21H2,1-3H3. The highest BCUT2D eigenvalue weighted by atomic mass is 16.3. The Labute approximate surface area is 219 Å². The molecule has 0 radical (unpaired) electrons. The molecule has 1 amide bonds. The van der Waals surface area contributed by atoms with Gasteiger partial charge in [0, 0.05) is 55.6 Å². The Morgan fingerprint density at radius 2 is 1.86 bits per heavy atom. The fourth-order valence-corrected chi connectivity index (χ4v) is 5.65. The molecule has 1 saturated heterocycles. The molecule has 37 heavy (non-hydrogen) atoms. The van der Waals surface area contributed by atoms with Crippen LogP contribution in [0.3, 0.4) is 0 Å². The van der Waals surface area contributed by atoms with Crippen LogP contribution in [0.4, 0.5) is 0 Å². The molecule has 1 unspecified atom stereocenters. The molecule has 1 fully saturated rings. The number of hydrogen-bond acceptors (Lipinski definition) is 4. The predicted octanol–water partition coefficient (Wildman–Crippen LogP) is 5.58. The topological polar surface area (TPSA) is 54.5 Å². The molecular formula is C31H36N4O2. The Balaban J connectivity index is 1.28. The minimum absolute atomic E-state index is 0.103. The average molecular weight is 497 g/mol. The van der Waals surface area contributed by atoms with Crippen LogP contribution in [0, 0.1) is 12.8 Å². The first-order valence-corrected chi connectivity index (χ1v) is 13.1. The minimum atomic E-state index is 0.103. The largest absolute Gasteiger partial charge is 0.464 e. The van der Waals surface area contributed by atoms with E-state index in [1.165, 1.54) is 11.1 Å². The summed E-state index contributed by atoms with van der Waals surface area (Å²) >= 11 is 0. The fraction of sp³-hybridized carbons (Fsp3) is 0.355. The number of nitrogens with zero attached hydrogens (tertiary/aromatic N) is 4. The van der Waals surface area contributed by atoms with Crippen LogP contribution in [0.25, 0.3) is 11.3 Å². The summed E-state index contributed by atoms with van der Waals surface area (Å²) in [5, 5.41) is 4.54. The lowest BCUT2D eigenvalue weighted by Crippen LogP contribution is -2.46. The number of furan rings is 1. The third-order valence-corrected chi connectivity index (χ3v) is 7.67. The number of likely N-dealkylation sites (N-methyl/N-ethyl adjacent to an activating group) is 1. The van der Waals surface area contributed by atoms with Gasteiger partial charge in [0.05, 0.1) is 12.0 Å². The van der Waals surface area contributed by atoms with Crippen LogP contribution in [-0.2, 0) is 20.0 Å². The quantitative estimate of drug-likeness (QED) is 0.319. The van der Waals surface area contributed by atoms with Gasteiger partial charge in [-0.25, -0.2) is 0 Å². The zero-order valence-corrected chi connectivity index (χ0v) is 22.0. The molecule has 6 nitrogen and oxygen atoms in total. The van der Waals surface area contributed by atoms with Crippen molar-refractivity contribution >= 4 is 5.91 Å². The molecule has 5 rings (SSSR count). The van der Waals surface area contributed by atoms with Crippen LogP contribution in [0.15, 0.2) is 83.6 Å². The van der Waals surface area contributed by atoms with Gasteiger partial charge in [-0.3, -0.25) is 14.4 Å². The Morgan fingerprint density at radius 3 is 2.54 bits per heavy atom. The molecule has 0 N–H and O–H groups in total. The second-order valence-electron chi connectivity index (χ2n) is 10.3. The van der Waals surface area contributed by atoms with Gasteiger partial charge in [-0.2, -0.15) is 5.10 Å². The lowest BCUT2D eigenvalue weighted by atomic mass is 9.84. The van der Waals surface area contributed by atoms with E-state index in [9.17, 15) is 4.79 Å². The molecule has 2 aromatic heterocycles. The van der Waals surface area contributed by atoms with Gasteiger partial charge in [-0.05, 0) is 69.0 Å². The second-order valence-corrected chi connectivity index (χ2v) is 10.3. The highest BCUT2D eigenvalue weighted by Gasteiger charge is 2.31. The van der Waals surface area contributed by atoms with Gasteiger partial charge in [0.15, 0.2) is 0 Å². The van der Waals surface area contributed by atoms with Crippen LogP contribution in [0.5, 0.6) is 0 Å². The van der Waals surface area contributed by atoms with E-state index in [1.807, 2.05) is 53.0 Å². The minimum Gasteiger partial charge on any atom is -0.464 e. The molecule has 192 valence electrons. The number of aromatic nitrogens is 2. The summed E-state index contributed by atoms with van der Waals surface area (Å²) in [5.41, 5.74) is 5.37. The van der Waals surface area contributed by atoms with Gasteiger partial charge in [-0.1, -0.05) is 42.5 Å². The maximum Gasteiger partial charge on any atom is 0.253 e. The van der Waals surface area contributed by atoms with Gasteiger partial charge in [0.2, 0.25) is 0 Å². The number of hydrogen-bond donors (Lipinski definition) is 0. The molecule has 0 aliphatic carbocycles. The van der Waals surface area contributed by atoms with E-state index < -0.39 is 0 Å². The molecule has 3 heterocycles. The third-order valence-electron chi connectivity index (χ3n) is 7.67. The van der Waals surface area contributed by atoms with Crippen LogP contribution in [0.2, 0.25) is 0 Å². The van der Waals surface area contributed by atoms with Gasteiger partial charge in [-0.15, -0.1) is 0 Å². The van der Waals surface area contributed by atoms with E-state index in [1.54, 1.807) is 6.26 Å². The van der Waals surface area contributed by atoms with Crippen molar-refractivity contribution < 1.29 is 9.21 Å². The van der Waals surface area contributed by atoms with Gasteiger partial charge in [0.25, 0.3) is 5.91 Å². The van der Waals surface area contributed by atoms with Crippen LogP contribution < -0.4 is 0 Å². The fourth-order valence-electron chi connectivity index (χ4n) is 5.65. The summed E-state index contributed by atoms with van der Waals surface area (Å²) < 4.78 is 7.43. The number of likely N-dealkylation sites (tertiary alicyclic amines) is 1. The van der Waals surface area contributed by atoms with Crippen molar-refractivity contribution in [2.75, 3.05) is 20.1 Å². The zero-order valence-electron chi connectivity index (χ0n) is 22.0. The van der Waals surface area contributed by atoms with Crippen molar-refractivity contribution in [2.24, 2.45) is 13.0 Å². The first kappa shape index (κ1) is 25.0. The summed E-state index contributed by atoms with van der Waals surface area (Å²) in [6, 6.07) is 22.7. The summed E-state index contributed by atoms with van der Waals surface area (Å²) in [5.74, 6) is 1.40. The predicted molar refractivity (Wildman–Crippen MR) is 146 cm³/mol. The lowest BCUT2D eigenvalue weighted by Gasteiger charge is -2.40. The van der Waals surface area contributed by atoms with Crippen molar-refractivity contribution in [3.8, 4) is 11.3 Å². The molecular weight excluding hydrogens is 460 g/mol. The first-order valence-electron chi connectivity index (χ1n) is 13.1. The normalized spacial score (nSPS) is 15.3. The summed E-state index contributed by atoms with van der Waals surface area (Å²) in [6.45, 7) is 4.51. The van der Waals surface area contributed by atoms with Crippen molar-refractivity contribution in [2.45, 2.75) is 38.8 Å². The maximum absolute atomic E-state index is 13.4. The number of aryl methyl sites for hydroxylation is 2. The number of piperidine rings is 1. The van der Waals surface area contributed by atoms with Crippen molar-refractivity contribution in [3.63, 3.8) is 0 Å². The molecule has 0 bridgehead atoms. The Morgan fingerprint density at radius 1 is 1.08 bits per heavy atom. The summed E-state index contributed by atoms with van der Waals surface area (Å²) in [4.78, 5) is 17.9. The van der Waals surface area contributed by atoms with E-state index in [2.05, 4.69) is 60.5 Å². The smallest absolute Gasteiger partial charge is 0.253 e. The number of carbonyl (C=O) groups excluding carboxylic acids is 1. The molecule has 1 atom stereocenters. The molecule has 0 saturated carbocycles. The van der Waals surface area contributed by atoms with Crippen molar-refractivity contribution in [1.29, 1.82) is 0 Å². The molecule has 2 aromatic carbocycles. The number of benzene rings is 2. The SMILES string of the molecule is Cc1nn(C)cc1CN(C)C(Cc1ccccc1)C1CCN(C(=O)c2cccc(-c3ccco3)c2)CC1. The summed E-state index contributed by atoms with van der Waals surface area (Å²) in [7, 11) is 4.21. The van der Waals surface area contributed by atoms with Crippen molar-refractivity contribution in [1.82, 2.24) is 19.6 Å². The van der Waals surface area contributed by atoms with E-state index in [-0.39, 0.29) is 5.91 Å². The number of amides is 1. The molecule has 0 spiro atoms. The Hall–Kier alpha value is -3.64. The Bertz CT molecular complexity index is 1300. The third kappa shape index (κ3) is 5.86. The molecule has 6 heteroatoms. The first-order chi connectivity index (χ1) is 18.0. The van der Waals surface area contributed by atoms with E-state index in [0.29, 0.717) is 12.0 Å². The second kappa shape index (κ2) is 11.2. The van der Waals surface area contributed by atoms with Crippen molar-refractivity contribution in [3.05, 3.63) is 102 Å². The van der Waals surface area contributed by atoms with Crippen LogP contribution >= 0.6 is 0 Å². The van der Waals surface area contributed by atoms with Gasteiger partial charge in [0.1, 0.15) is 5.76 Å². The highest BCUT2D eigenvalue weighted by Crippen LogP contribution is 2.29. The average Bonchev–Trinajstić information content (AvgIpc) is 3.57. The molecule has 1 aliphatic heterocycles. The van der Waals surface area contributed by atoms with Crippen LogP contribution in [0.1, 0.15) is 40.0 Å². The number of rotatable bonds is 8. The molecule has 4 aromatic rings. The highest BCUT2D eigenvalue weighted by molar-refractivity contribution is 5.95. The van der Waals surface area contributed by atoms with Gasteiger partial charge >= 0.3 is 0 Å². The van der Waals surface area contributed by atoms with E-state index >= 15 is 0 Å². The summed E-state index contributed by atoms with van der Waals surface area (Å²) in [6.07, 6.45) is 6.78. The van der Waals surface area contributed by atoms with Gasteiger partial charge < -0.3 is 9.32 Å². The maximum atomic E-state index is 13.4. The zero-order chi connectivity index (χ0) is 25.8. The van der Waals surface area contributed by atoms with E-state index in [4.69, 9.17) is 4.42 Å². The molecule has 1 aliphatic rings.